The molecule has 0 rings (SSSR count). The van der Waals surface area contributed by atoms with E-state index in [1.165, 1.54) is 0 Å². The third-order valence-electron chi connectivity index (χ3n) is 4.46. The number of hydrogen-bond donors (Lipinski definition) is 0. The Hall–Kier alpha value is -2.26. The summed E-state index contributed by atoms with van der Waals surface area (Å²) in [5, 5.41) is 0. The fraction of sp³-hybridized carbons (Fsp3) is 0.786. The molecule has 0 heterocycles. The number of rotatable bonds is 9. The van der Waals surface area contributed by atoms with Crippen molar-refractivity contribution in [3.63, 3.8) is 0 Å². The van der Waals surface area contributed by atoms with E-state index in [-0.39, 0.29) is 0 Å². The molecule has 0 saturated heterocycles. The third-order valence-corrected chi connectivity index (χ3v) is 4.46. The van der Waals surface area contributed by atoms with Crippen LogP contribution in [0.2, 0.25) is 0 Å². The molecule has 0 amide bonds. The van der Waals surface area contributed by atoms with Crippen molar-refractivity contribution < 1.29 is 102 Å². The monoisotopic (exact) mass is 604 g/mol. The topological polar surface area (TPSA) is 26.3 Å². The zero-order chi connectivity index (χ0) is 30.7. The van der Waals surface area contributed by atoms with Crippen molar-refractivity contribution in [2.45, 2.75) is 54.1 Å². The minimum Gasteiger partial charge on any atom is -0.461 e. The Morgan fingerprint density at radius 3 is 0.865 bits per heavy atom. The number of ether oxygens (including phenoxy) is 1. The fourth-order valence-electron chi connectivity index (χ4n) is 2.44. The average molecular weight is 604 g/mol. The highest BCUT2D eigenvalue weighted by molar-refractivity contribution is 5.81. The Bertz CT molecular complexity index is 765. The second-order valence-electron chi connectivity index (χ2n) is 6.66. The molecule has 0 aliphatic rings. The smallest absolute Gasteiger partial charge is 0.459 e. The maximum absolute atomic E-state index is 14.4. The summed E-state index contributed by atoms with van der Waals surface area (Å²) in [5.41, 5.74) is -8.86. The van der Waals surface area contributed by atoms with Crippen LogP contribution in [0, 0.1) is 5.41 Å². The van der Waals surface area contributed by atoms with Gasteiger partial charge in [0.05, 0.1) is 0 Å². The van der Waals surface area contributed by atoms with E-state index in [1.54, 1.807) is 0 Å². The second kappa shape index (κ2) is 8.90. The van der Waals surface area contributed by atoms with Gasteiger partial charge in [0.15, 0.2) is 0 Å². The predicted molar refractivity (Wildman–Crippen MR) is 71.4 cm³/mol. The standard InChI is InChI=1S/C14H5F21O2/c1-2-4(36)37-3-5(6(15,16)9(21,22)12(27,28)29,7(17,18)10(23,24)13(30,31)32)8(19,20)11(25,26)14(33,34)35/h2H,1,3H2. The fourth-order valence-corrected chi connectivity index (χ4v) is 2.44. The van der Waals surface area contributed by atoms with Gasteiger partial charge in [-0.3, -0.25) is 0 Å². The summed E-state index contributed by atoms with van der Waals surface area (Å²) < 4.78 is 282. The van der Waals surface area contributed by atoms with Crippen LogP contribution in [0.3, 0.4) is 0 Å². The number of esters is 1. The lowest BCUT2D eigenvalue weighted by Gasteiger charge is -2.52. The number of carbonyl (C=O) groups is 1. The van der Waals surface area contributed by atoms with Gasteiger partial charge in [0.1, 0.15) is 6.61 Å². The quantitative estimate of drug-likeness (QED) is 0.158. The molecule has 220 valence electrons. The van der Waals surface area contributed by atoms with Crippen molar-refractivity contribution in [3.8, 4) is 0 Å². The van der Waals surface area contributed by atoms with Crippen LogP contribution in [-0.2, 0) is 9.53 Å². The van der Waals surface area contributed by atoms with E-state index in [2.05, 4.69) is 11.3 Å². The van der Waals surface area contributed by atoms with Gasteiger partial charge in [0.2, 0.25) is 5.41 Å². The van der Waals surface area contributed by atoms with E-state index in [1.807, 2.05) is 0 Å². The Morgan fingerprint density at radius 1 is 0.486 bits per heavy atom. The molecule has 0 radical (unpaired) electrons. The van der Waals surface area contributed by atoms with E-state index in [0.717, 1.165) is 0 Å². The van der Waals surface area contributed by atoms with Crippen LogP contribution in [0.1, 0.15) is 0 Å². The maximum Gasteiger partial charge on any atom is 0.459 e. The van der Waals surface area contributed by atoms with E-state index in [4.69, 9.17) is 0 Å². The minimum absolute atomic E-state index is 0.648. The Balaban J connectivity index is 8.51. The van der Waals surface area contributed by atoms with Gasteiger partial charge in [0, 0.05) is 6.08 Å². The van der Waals surface area contributed by atoms with Crippen molar-refractivity contribution in [1.29, 1.82) is 0 Å². The van der Waals surface area contributed by atoms with Crippen molar-refractivity contribution in [2.75, 3.05) is 6.61 Å². The summed E-state index contributed by atoms with van der Waals surface area (Å²) in [5.74, 6) is -56.9. The Labute approximate surface area is 188 Å². The summed E-state index contributed by atoms with van der Waals surface area (Å²) in [6.45, 7) is -2.66. The molecule has 37 heavy (non-hydrogen) atoms. The van der Waals surface area contributed by atoms with Crippen molar-refractivity contribution in [2.24, 2.45) is 5.41 Å². The van der Waals surface area contributed by atoms with Crippen LogP contribution in [0.4, 0.5) is 92.2 Å². The zero-order valence-electron chi connectivity index (χ0n) is 16.2. The second-order valence-corrected chi connectivity index (χ2v) is 6.66. The summed E-state index contributed by atoms with van der Waals surface area (Å²) in [6, 6.07) is 0. The summed E-state index contributed by atoms with van der Waals surface area (Å²) in [6.07, 6.45) is -25.5. The minimum atomic E-state index is -9.18. The predicted octanol–water partition coefficient (Wildman–Crippen LogP) is 7.20. The normalized spacial score (nSPS) is 16.0. The van der Waals surface area contributed by atoms with Gasteiger partial charge in [-0.25, -0.2) is 4.79 Å². The van der Waals surface area contributed by atoms with Gasteiger partial charge in [-0.1, -0.05) is 6.58 Å². The van der Waals surface area contributed by atoms with Crippen LogP contribution in [0.15, 0.2) is 12.7 Å². The number of alkyl halides is 21. The van der Waals surface area contributed by atoms with Crippen LogP contribution in [0.5, 0.6) is 0 Å². The molecule has 0 unspecified atom stereocenters. The highest BCUT2D eigenvalue weighted by Crippen LogP contribution is 2.72. The van der Waals surface area contributed by atoms with Crippen LogP contribution in [-0.4, -0.2) is 66.6 Å². The lowest BCUT2D eigenvalue weighted by atomic mass is 9.64. The molecule has 0 aliphatic carbocycles. The number of halogens is 21. The van der Waals surface area contributed by atoms with Gasteiger partial charge in [-0.2, -0.15) is 92.2 Å². The van der Waals surface area contributed by atoms with E-state index >= 15 is 0 Å². The lowest BCUT2D eigenvalue weighted by molar-refractivity contribution is -0.496. The van der Waals surface area contributed by atoms with Gasteiger partial charge in [0.25, 0.3) is 0 Å². The molecule has 0 spiro atoms. The summed E-state index contributed by atoms with van der Waals surface area (Å²) in [7, 11) is 0. The van der Waals surface area contributed by atoms with Crippen molar-refractivity contribution in [1.82, 2.24) is 0 Å². The van der Waals surface area contributed by atoms with E-state index in [0.29, 0.717) is 0 Å². The van der Waals surface area contributed by atoms with Crippen LogP contribution < -0.4 is 0 Å². The molecule has 0 aliphatic heterocycles. The van der Waals surface area contributed by atoms with Crippen LogP contribution >= 0.6 is 0 Å². The van der Waals surface area contributed by atoms with Crippen molar-refractivity contribution in [3.05, 3.63) is 12.7 Å². The molecule has 0 atom stereocenters. The molecule has 0 aromatic heterocycles. The highest BCUT2D eigenvalue weighted by atomic mass is 19.4. The zero-order valence-corrected chi connectivity index (χ0v) is 16.2. The largest absolute Gasteiger partial charge is 0.461 e. The van der Waals surface area contributed by atoms with E-state index in [9.17, 15) is 97.0 Å². The molecule has 0 fully saturated rings. The average Bonchev–Trinajstić information content (AvgIpc) is 2.64. The number of hydrogen-bond acceptors (Lipinski definition) is 2. The van der Waals surface area contributed by atoms with Gasteiger partial charge in [-0.15, -0.1) is 0 Å². The van der Waals surface area contributed by atoms with Crippen LogP contribution in [0.25, 0.3) is 0 Å². The van der Waals surface area contributed by atoms with E-state index < -0.39 is 78.1 Å². The molecule has 0 aromatic carbocycles. The lowest BCUT2D eigenvalue weighted by Crippen LogP contribution is -2.81. The molecule has 0 bridgehead atoms. The van der Waals surface area contributed by atoms with Crippen molar-refractivity contribution >= 4 is 5.97 Å². The molecule has 0 saturated carbocycles. The highest BCUT2D eigenvalue weighted by Gasteiger charge is 3.01. The molecule has 0 N–H and O–H groups in total. The Kier molecular flexibility index (Phi) is 8.36. The molecular formula is C14H5F21O2. The molecule has 0 aromatic rings. The SMILES string of the molecule is C=CC(=O)OCC(C(F)(F)C(F)(F)C(F)(F)F)(C(F)(F)C(F)(F)C(F)(F)F)C(F)(F)C(F)(F)C(F)(F)F. The number of carbonyl (C=O) groups excluding carboxylic acids is 1. The summed E-state index contributed by atoms with van der Waals surface area (Å²) >= 11 is 0. The molecule has 2 nitrogen and oxygen atoms in total. The van der Waals surface area contributed by atoms with Gasteiger partial charge in [-0.05, 0) is 0 Å². The third kappa shape index (κ3) is 4.52. The Morgan fingerprint density at radius 2 is 0.703 bits per heavy atom. The first-order chi connectivity index (χ1) is 15.7. The first-order valence-corrected chi connectivity index (χ1v) is 7.97. The first-order valence-electron chi connectivity index (χ1n) is 7.97. The maximum atomic E-state index is 14.4. The molecular weight excluding hydrogens is 599 g/mol. The molecule has 23 heteroatoms. The van der Waals surface area contributed by atoms with Gasteiger partial charge >= 0.3 is 60.0 Å². The summed E-state index contributed by atoms with van der Waals surface area (Å²) in [4.78, 5) is 10.9. The van der Waals surface area contributed by atoms with Gasteiger partial charge < -0.3 is 4.74 Å². The first kappa shape index (κ1) is 34.7.